The summed E-state index contributed by atoms with van der Waals surface area (Å²) < 4.78 is 5.29. The summed E-state index contributed by atoms with van der Waals surface area (Å²) in [6.07, 6.45) is 4.05. The molecule has 0 spiro atoms. The molecule has 3 heteroatoms. The van der Waals surface area contributed by atoms with E-state index >= 15 is 0 Å². The number of hydrogen-bond acceptors (Lipinski definition) is 2. The number of piperidine rings is 1. The number of nitrogens with one attached hydrogen (secondary N) is 1. The molecule has 0 aromatic rings. The van der Waals surface area contributed by atoms with Crippen LogP contribution in [0.15, 0.2) is 0 Å². The first-order valence-corrected chi connectivity index (χ1v) is 4.46. The summed E-state index contributed by atoms with van der Waals surface area (Å²) in [5, 5.41) is 3.27. The molecule has 0 amide bonds. The van der Waals surface area contributed by atoms with Gasteiger partial charge in [-0.3, -0.25) is 5.32 Å². The van der Waals surface area contributed by atoms with Crippen LogP contribution in [-0.2, 0) is 4.74 Å². The Kier molecular flexibility index (Phi) is 3.55. The van der Waals surface area contributed by atoms with Crippen LogP contribution in [0.25, 0.3) is 0 Å². The van der Waals surface area contributed by atoms with E-state index in [2.05, 4.69) is 21.2 Å². The van der Waals surface area contributed by atoms with Gasteiger partial charge in [-0.15, -0.1) is 0 Å². The average molecular weight is 194 g/mol. The molecule has 1 unspecified atom stereocenters. The fraction of sp³-hybridized carbons (Fsp3) is 1.00. The third kappa shape index (κ3) is 2.65. The molecule has 0 saturated carbocycles. The fourth-order valence-electron chi connectivity index (χ4n) is 1.04. The van der Waals surface area contributed by atoms with Crippen molar-refractivity contribution in [3.05, 3.63) is 0 Å². The number of rotatable bonds is 2. The van der Waals surface area contributed by atoms with Crippen LogP contribution < -0.4 is 5.32 Å². The van der Waals surface area contributed by atoms with Crippen molar-refractivity contribution in [2.75, 3.05) is 12.1 Å². The highest BCUT2D eigenvalue weighted by atomic mass is 79.9. The lowest BCUT2D eigenvalue weighted by molar-refractivity contribution is 0.0444. The van der Waals surface area contributed by atoms with Crippen molar-refractivity contribution in [2.24, 2.45) is 0 Å². The molecule has 0 bridgehead atoms. The number of halogens is 1. The average Bonchev–Trinajstić information content (AvgIpc) is 1.91. The first-order chi connectivity index (χ1) is 4.43. The van der Waals surface area contributed by atoms with Gasteiger partial charge in [0.1, 0.15) is 11.7 Å². The van der Waals surface area contributed by atoms with Gasteiger partial charge >= 0.3 is 0 Å². The monoisotopic (exact) mass is 193 g/mol. The predicted molar refractivity (Wildman–Crippen MR) is 40.5 cm³/mol. The molecule has 1 aliphatic rings. The Bertz CT molecular complexity index is 70.7. The minimum atomic E-state index is 0.304. The summed E-state index contributed by atoms with van der Waals surface area (Å²) in [5.74, 6) is 0. The zero-order valence-electron chi connectivity index (χ0n) is 5.40. The smallest absolute Gasteiger partial charge is 0.109 e. The Morgan fingerprint density at radius 1 is 1.56 bits per heavy atom. The summed E-state index contributed by atoms with van der Waals surface area (Å²) in [4.78, 5) is 0. The number of alkyl halides is 1. The molecule has 1 aliphatic heterocycles. The van der Waals surface area contributed by atoms with Gasteiger partial charge in [-0.05, 0) is 25.8 Å². The van der Waals surface area contributed by atoms with Crippen molar-refractivity contribution < 1.29 is 4.74 Å². The highest BCUT2D eigenvalue weighted by Gasteiger charge is 2.10. The van der Waals surface area contributed by atoms with Crippen LogP contribution in [0.2, 0.25) is 0 Å². The molecule has 1 rings (SSSR count). The van der Waals surface area contributed by atoms with Crippen LogP contribution in [-0.4, -0.2) is 18.3 Å². The summed E-state index contributed by atoms with van der Waals surface area (Å²) in [7, 11) is 0. The van der Waals surface area contributed by atoms with Gasteiger partial charge in [0.15, 0.2) is 0 Å². The van der Waals surface area contributed by atoms with Crippen LogP contribution in [0.5, 0.6) is 0 Å². The van der Waals surface area contributed by atoms with Gasteiger partial charge < -0.3 is 4.74 Å². The summed E-state index contributed by atoms with van der Waals surface area (Å²) >= 11 is 3.22. The van der Waals surface area contributed by atoms with Gasteiger partial charge in [0.25, 0.3) is 0 Å². The fourth-order valence-corrected chi connectivity index (χ4v) is 1.36. The van der Waals surface area contributed by atoms with E-state index in [1.807, 2.05) is 0 Å². The number of hydrogen-bond donors (Lipinski definition) is 1. The van der Waals surface area contributed by atoms with E-state index in [1.54, 1.807) is 0 Å². The first-order valence-electron chi connectivity index (χ1n) is 3.34. The zero-order valence-corrected chi connectivity index (χ0v) is 6.99. The lowest BCUT2D eigenvalue weighted by atomic mass is 10.1. The maximum atomic E-state index is 5.29. The van der Waals surface area contributed by atoms with Crippen molar-refractivity contribution in [1.29, 1.82) is 0 Å². The van der Waals surface area contributed by atoms with Gasteiger partial charge in [-0.2, -0.15) is 0 Å². The summed E-state index contributed by atoms with van der Waals surface area (Å²) in [6, 6.07) is 0. The molecule has 1 N–H and O–H groups in total. The molecular formula is C6H12BrNO. The minimum absolute atomic E-state index is 0.304. The van der Waals surface area contributed by atoms with Crippen molar-refractivity contribution in [3.8, 4) is 0 Å². The molecule has 9 heavy (non-hydrogen) atoms. The van der Waals surface area contributed by atoms with Crippen molar-refractivity contribution >= 4 is 15.9 Å². The molecule has 1 saturated heterocycles. The molecule has 0 aliphatic carbocycles. The molecule has 0 radical (unpaired) electrons. The molecule has 1 fully saturated rings. The Hall–Kier alpha value is 0.400. The second kappa shape index (κ2) is 4.25. The van der Waals surface area contributed by atoms with Gasteiger partial charge in [-0.1, -0.05) is 15.9 Å². The third-order valence-electron chi connectivity index (χ3n) is 1.53. The second-order valence-electron chi connectivity index (χ2n) is 2.21. The highest BCUT2D eigenvalue weighted by molar-refractivity contribution is 9.09. The lowest BCUT2D eigenvalue weighted by Crippen LogP contribution is -2.35. The van der Waals surface area contributed by atoms with E-state index in [1.165, 1.54) is 12.8 Å². The van der Waals surface area contributed by atoms with E-state index in [4.69, 9.17) is 4.74 Å². The normalized spacial score (nSPS) is 28.3. The van der Waals surface area contributed by atoms with Crippen molar-refractivity contribution in [1.82, 2.24) is 5.32 Å². The van der Waals surface area contributed by atoms with Gasteiger partial charge in [0.05, 0.1) is 0 Å². The molecule has 0 aromatic heterocycles. The molecule has 1 atom stereocenters. The lowest BCUT2D eigenvalue weighted by Gasteiger charge is -2.22. The largest absolute Gasteiger partial charge is 0.352 e. The van der Waals surface area contributed by atoms with E-state index in [-0.39, 0.29) is 0 Å². The van der Waals surface area contributed by atoms with Crippen molar-refractivity contribution in [2.45, 2.75) is 25.5 Å². The van der Waals surface area contributed by atoms with Crippen LogP contribution in [0.1, 0.15) is 19.3 Å². The van der Waals surface area contributed by atoms with Gasteiger partial charge in [0, 0.05) is 0 Å². The molecule has 54 valence electrons. The first kappa shape index (κ1) is 7.51. The van der Waals surface area contributed by atoms with Gasteiger partial charge in [0.2, 0.25) is 0 Å². The maximum Gasteiger partial charge on any atom is 0.109 e. The topological polar surface area (TPSA) is 21.3 Å². The zero-order chi connectivity index (χ0) is 6.53. The molecule has 0 aromatic carbocycles. The molecule has 1 heterocycles. The highest BCUT2D eigenvalue weighted by Crippen LogP contribution is 2.08. The third-order valence-corrected chi connectivity index (χ3v) is 1.79. The Labute approximate surface area is 64.1 Å². The van der Waals surface area contributed by atoms with Crippen LogP contribution in [0, 0.1) is 0 Å². The van der Waals surface area contributed by atoms with E-state index in [0.29, 0.717) is 11.7 Å². The molecular weight excluding hydrogens is 182 g/mol. The maximum absolute atomic E-state index is 5.29. The summed E-state index contributed by atoms with van der Waals surface area (Å²) in [6.45, 7) is 1.11. The van der Waals surface area contributed by atoms with Crippen LogP contribution >= 0.6 is 15.9 Å². The Balaban J connectivity index is 2.08. The van der Waals surface area contributed by atoms with E-state index in [0.717, 1.165) is 13.0 Å². The second-order valence-corrected chi connectivity index (χ2v) is 2.67. The van der Waals surface area contributed by atoms with Crippen molar-refractivity contribution in [3.63, 3.8) is 0 Å². The number of ether oxygens (including phenoxy) is 1. The summed E-state index contributed by atoms with van der Waals surface area (Å²) in [5.41, 5.74) is 0.644. The standard InChI is InChI=1S/C6H12BrNO/c7-5-9-6-3-1-2-4-8-6/h6,8H,1-5H2. The molecule has 2 nitrogen and oxygen atoms in total. The quantitative estimate of drug-likeness (QED) is 0.672. The Morgan fingerprint density at radius 3 is 3.00 bits per heavy atom. The predicted octanol–water partition coefficient (Wildman–Crippen LogP) is 1.45. The van der Waals surface area contributed by atoms with E-state index < -0.39 is 0 Å². The van der Waals surface area contributed by atoms with E-state index in [9.17, 15) is 0 Å². The van der Waals surface area contributed by atoms with Crippen LogP contribution in [0.4, 0.5) is 0 Å². The van der Waals surface area contributed by atoms with Gasteiger partial charge in [-0.25, -0.2) is 0 Å². The van der Waals surface area contributed by atoms with Crippen LogP contribution in [0.3, 0.4) is 0 Å². The Morgan fingerprint density at radius 2 is 2.44 bits per heavy atom. The minimum Gasteiger partial charge on any atom is -0.352 e. The SMILES string of the molecule is BrCOC1CCCCN1.